The zero-order valence-electron chi connectivity index (χ0n) is 14.1. The number of anilines is 1. The van der Waals surface area contributed by atoms with E-state index in [0.717, 1.165) is 57.4 Å². The lowest BCUT2D eigenvalue weighted by atomic mass is 10.3. The molecule has 1 aliphatic heterocycles. The second kappa shape index (κ2) is 8.52. The molecule has 0 unspecified atom stereocenters. The van der Waals surface area contributed by atoms with Crippen LogP contribution in [0.25, 0.3) is 11.0 Å². The molecule has 0 aliphatic carbocycles. The SMILES string of the molecule is CCOCCn1c(N2CCCN(C)CC2)nc2ccccc21.Cl. The number of para-hydroxylation sites is 2. The molecule has 0 atom stereocenters. The largest absolute Gasteiger partial charge is 0.380 e. The van der Waals surface area contributed by atoms with E-state index in [4.69, 9.17) is 9.72 Å². The Morgan fingerprint density at radius 3 is 2.78 bits per heavy atom. The van der Waals surface area contributed by atoms with Crippen molar-refractivity contribution in [3.8, 4) is 0 Å². The second-order valence-corrected chi connectivity index (χ2v) is 5.89. The van der Waals surface area contributed by atoms with Crippen LogP contribution in [-0.2, 0) is 11.3 Å². The zero-order chi connectivity index (χ0) is 15.4. The molecule has 3 rings (SSSR count). The van der Waals surface area contributed by atoms with Gasteiger partial charge in [-0.05, 0) is 39.1 Å². The molecule has 23 heavy (non-hydrogen) atoms. The number of halogens is 1. The van der Waals surface area contributed by atoms with Crippen molar-refractivity contribution >= 4 is 29.4 Å². The predicted octanol–water partition coefficient (Wildman–Crippen LogP) is 2.64. The van der Waals surface area contributed by atoms with Gasteiger partial charge in [0.15, 0.2) is 0 Å². The molecular formula is C17H27ClN4O. The van der Waals surface area contributed by atoms with E-state index in [2.05, 4.69) is 45.7 Å². The van der Waals surface area contributed by atoms with Crippen molar-refractivity contribution in [1.29, 1.82) is 0 Å². The number of likely N-dealkylation sites (N-methyl/N-ethyl adjacent to an activating group) is 1. The Bertz CT molecular complexity index is 616. The van der Waals surface area contributed by atoms with Crippen LogP contribution in [0.15, 0.2) is 24.3 Å². The summed E-state index contributed by atoms with van der Waals surface area (Å²) in [6, 6.07) is 8.39. The molecule has 1 saturated heterocycles. The summed E-state index contributed by atoms with van der Waals surface area (Å²) in [5, 5.41) is 0. The fourth-order valence-corrected chi connectivity index (χ4v) is 3.07. The standard InChI is InChI=1S/C17H26N4O.ClH/c1-3-22-14-13-21-16-8-5-4-7-15(16)18-17(21)20-10-6-9-19(2)11-12-20;/h4-5,7-8H,3,6,9-14H2,1-2H3;1H. The Balaban J connectivity index is 0.00000192. The quantitative estimate of drug-likeness (QED) is 0.785. The van der Waals surface area contributed by atoms with Gasteiger partial charge >= 0.3 is 0 Å². The minimum atomic E-state index is 0. The number of ether oxygens (including phenoxy) is 1. The van der Waals surface area contributed by atoms with Gasteiger partial charge in [-0.3, -0.25) is 0 Å². The first kappa shape index (κ1) is 18.0. The third-order valence-electron chi connectivity index (χ3n) is 4.30. The van der Waals surface area contributed by atoms with Crippen molar-refractivity contribution in [3.05, 3.63) is 24.3 Å². The number of imidazole rings is 1. The third kappa shape index (κ3) is 4.16. The molecule has 6 heteroatoms. The van der Waals surface area contributed by atoms with Crippen molar-refractivity contribution in [1.82, 2.24) is 14.5 Å². The molecule has 0 spiro atoms. The van der Waals surface area contributed by atoms with Crippen LogP contribution in [0.2, 0.25) is 0 Å². The Kier molecular flexibility index (Phi) is 6.69. The van der Waals surface area contributed by atoms with E-state index in [1.165, 1.54) is 11.9 Å². The number of hydrogen-bond acceptors (Lipinski definition) is 4. The maximum Gasteiger partial charge on any atom is 0.206 e. The van der Waals surface area contributed by atoms with Gasteiger partial charge in [0.2, 0.25) is 5.95 Å². The summed E-state index contributed by atoms with van der Waals surface area (Å²) < 4.78 is 7.88. The lowest BCUT2D eigenvalue weighted by Gasteiger charge is -2.23. The molecule has 1 aromatic carbocycles. The highest BCUT2D eigenvalue weighted by molar-refractivity contribution is 5.85. The van der Waals surface area contributed by atoms with Gasteiger partial charge in [-0.1, -0.05) is 12.1 Å². The van der Waals surface area contributed by atoms with Crippen LogP contribution in [0.3, 0.4) is 0 Å². The Morgan fingerprint density at radius 1 is 1.13 bits per heavy atom. The Labute approximate surface area is 144 Å². The molecule has 1 aliphatic rings. The number of benzene rings is 1. The number of aromatic nitrogens is 2. The van der Waals surface area contributed by atoms with Gasteiger partial charge in [-0.25, -0.2) is 4.98 Å². The lowest BCUT2D eigenvalue weighted by molar-refractivity contribution is 0.140. The summed E-state index contributed by atoms with van der Waals surface area (Å²) in [5.41, 5.74) is 2.28. The van der Waals surface area contributed by atoms with E-state index in [-0.39, 0.29) is 12.4 Å². The first-order valence-corrected chi connectivity index (χ1v) is 8.26. The molecule has 0 N–H and O–H groups in total. The summed E-state index contributed by atoms with van der Waals surface area (Å²) in [6.07, 6.45) is 1.19. The average Bonchev–Trinajstić information content (AvgIpc) is 2.75. The molecule has 2 heterocycles. The van der Waals surface area contributed by atoms with Crippen LogP contribution in [0.5, 0.6) is 0 Å². The molecule has 0 radical (unpaired) electrons. The number of hydrogen-bond donors (Lipinski definition) is 0. The van der Waals surface area contributed by atoms with Gasteiger partial charge < -0.3 is 19.1 Å². The Hall–Kier alpha value is -1.30. The van der Waals surface area contributed by atoms with Crippen LogP contribution < -0.4 is 4.90 Å². The van der Waals surface area contributed by atoms with E-state index >= 15 is 0 Å². The summed E-state index contributed by atoms with van der Waals surface area (Å²) in [5.74, 6) is 1.09. The molecule has 128 valence electrons. The highest BCUT2D eigenvalue weighted by atomic mass is 35.5. The summed E-state index contributed by atoms with van der Waals surface area (Å²) in [4.78, 5) is 9.72. The first-order chi connectivity index (χ1) is 10.8. The Morgan fingerprint density at radius 2 is 1.96 bits per heavy atom. The van der Waals surface area contributed by atoms with Crippen LogP contribution in [0.1, 0.15) is 13.3 Å². The fraction of sp³-hybridized carbons (Fsp3) is 0.588. The minimum absolute atomic E-state index is 0. The second-order valence-electron chi connectivity index (χ2n) is 5.89. The predicted molar refractivity (Wildman–Crippen MR) is 97.8 cm³/mol. The van der Waals surface area contributed by atoms with E-state index in [1.54, 1.807) is 0 Å². The summed E-state index contributed by atoms with van der Waals surface area (Å²) >= 11 is 0. The van der Waals surface area contributed by atoms with Gasteiger partial charge in [0, 0.05) is 32.8 Å². The molecule has 5 nitrogen and oxygen atoms in total. The van der Waals surface area contributed by atoms with Gasteiger partial charge in [0.1, 0.15) is 0 Å². The molecule has 1 aromatic heterocycles. The van der Waals surface area contributed by atoms with Crippen LogP contribution in [0, 0.1) is 0 Å². The van der Waals surface area contributed by atoms with Crippen molar-refractivity contribution in [2.24, 2.45) is 0 Å². The average molecular weight is 339 g/mol. The molecule has 1 fully saturated rings. The summed E-state index contributed by atoms with van der Waals surface area (Å²) in [6.45, 7) is 8.75. The van der Waals surface area contributed by atoms with E-state index in [1.807, 2.05) is 6.92 Å². The monoisotopic (exact) mass is 338 g/mol. The van der Waals surface area contributed by atoms with Gasteiger partial charge in [0.25, 0.3) is 0 Å². The number of nitrogens with zero attached hydrogens (tertiary/aromatic N) is 4. The van der Waals surface area contributed by atoms with Gasteiger partial charge in [0.05, 0.1) is 17.6 Å². The highest BCUT2D eigenvalue weighted by Gasteiger charge is 2.19. The normalized spacial score (nSPS) is 16.3. The van der Waals surface area contributed by atoms with E-state index < -0.39 is 0 Å². The van der Waals surface area contributed by atoms with Crippen molar-refractivity contribution in [3.63, 3.8) is 0 Å². The fourth-order valence-electron chi connectivity index (χ4n) is 3.07. The smallest absolute Gasteiger partial charge is 0.206 e. The number of fused-ring (bicyclic) bond motifs is 1. The number of rotatable bonds is 5. The van der Waals surface area contributed by atoms with Crippen LogP contribution in [-0.4, -0.2) is 60.9 Å². The van der Waals surface area contributed by atoms with Crippen molar-refractivity contribution in [2.45, 2.75) is 19.9 Å². The molecule has 0 bridgehead atoms. The summed E-state index contributed by atoms with van der Waals surface area (Å²) in [7, 11) is 2.20. The van der Waals surface area contributed by atoms with Crippen molar-refractivity contribution in [2.75, 3.05) is 51.3 Å². The lowest BCUT2D eigenvalue weighted by Crippen LogP contribution is -2.31. The van der Waals surface area contributed by atoms with Crippen molar-refractivity contribution < 1.29 is 4.74 Å². The van der Waals surface area contributed by atoms with Gasteiger partial charge in [-0.2, -0.15) is 0 Å². The molecule has 2 aromatic rings. The maximum atomic E-state index is 5.56. The highest BCUT2D eigenvalue weighted by Crippen LogP contribution is 2.23. The minimum Gasteiger partial charge on any atom is -0.380 e. The topological polar surface area (TPSA) is 33.5 Å². The van der Waals surface area contributed by atoms with Crippen LogP contribution in [0.4, 0.5) is 5.95 Å². The molecule has 0 saturated carbocycles. The van der Waals surface area contributed by atoms with Crippen LogP contribution >= 0.6 is 12.4 Å². The molecule has 0 amide bonds. The van der Waals surface area contributed by atoms with E-state index in [0.29, 0.717) is 0 Å². The molecular weight excluding hydrogens is 312 g/mol. The first-order valence-electron chi connectivity index (χ1n) is 8.26. The van der Waals surface area contributed by atoms with Gasteiger partial charge in [-0.15, -0.1) is 12.4 Å². The maximum absolute atomic E-state index is 5.56. The van der Waals surface area contributed by atoms with E-state index in [9.17, 15) is 0 Å². The zero-order valence-corrected chi connectivity index (χ0v) is 14.9. The third-order valence-corrected chi connectivity index (χ3v) is 4.30.